The predicted octanol–water partition coefficient (Wildman–Crippen LogP) is 0.650. The standard InChI is InChI=1S/C14H29N3O3S/c1-3-17(21(2,19)20)12-8-9-15-13-14(18)16-10-6-4-5-7-11-16/h15H,3-13H2,1-2H3. The summed E-state index contributed by atoms with van der Waals surface area (Å²) in [6.07, 6.45) is 6.59. The molecule has 0 aromatic heterocycles. The SMILES string of the molecule is CCN(CCCNCC(=O)N1CCCCCC1)S(C)(=O)=O. The fourth-order valence-corrected chi connectivity index (χ4v) is 3.50. The minimum atomic E-state index is -3.11. The van der Waals surface area contributed by atoms with Gasteiger partial charge in [-0.2, -0.15) is 0 Å². The highest BCUT2D eigenvalue weighted by Crippen LogP contribution is 2.09. The first kappa shape index (κ1) is 18.4. The van der Waals surface area contributed by atoms with E-state index in [0.29, 0.717) is 32.6 Å². The summed E-state index contributed by atoms with van der Waals surface area (Å²) >= 11 is 0. The average Bonchev–Trinajstić information content (AvgIpc) is 2.70. The summed E-state index contributed by atoms with van der Waals surface area (Å²) in [5, 5.41) is 3.12. The summed E-state index contributed by atoms with van der Waals surface area (Å²) in [6, 6.07) is 0. The monoisotopic (exact) mass is 319 g/mol. The zero-order chi connectivity index (χ0) is 15.7. The van der Waals surface area contributed by atoms with Crippen LogP contribution < -0.4 is 5.32 Å². The molecule has 0 aliphatic carbocycles. The average molecular weight is 319 g/mol. The van der Waals surface area contributed by atoms with Crippen molar-refractivity contribution in [3.05, 3.63) is 0 Å². The predicted molar refractivity (Wildman–Crippen MR) is 84.6 cm³/mol. The molecular weight excluding hydrogens is 290 g/mol. The van der Waals surface area contributed by atoms with Gasteiger partial charge in [0.2, 0.25) is 15.9 Å². The molecule has 0 spiro atoms. The third-order valence-electron chi connectivity index (χ3n) is 3.82. The molecule has 0 radical (unpaired) electrons. The Morgan fingerprint density at radius 3 is 2.33 bits per heavy atom. The van der Waals surface area contributed by atoms with Crippen LogP contribution in [0.5, 0.6) is 0 Å². The summed E-state index contributed by atoms with van der Waals surface area (Å²) < 4.78 is 24.3. The van der Waals surface area contributed by atoms with Crippen LogP contribution in [-0.4, -0.2) is 69.1 Å². The number of nitrogens with one attached hydrogen (secondary N) is 1. The number of amides is 1. The molecule has 1 aliphatic rings. The summed E-state index contributed by atoms with van der Waals surface area (Å²) in [4.78, 5) is 14.0. The van der Waals surface area contributed by atoms with Gasteiger partial charge in [-0.15, -0.1) is 0 Å². The zero-order valence-electron chi connectivity index (χ0n) is 13.3. The Balaban J connectivity index is 2.17. The fraction of sp³-hybridized carbons (Fsp3) is 0.929. The molecule has 0 unspecified atom stereocenters. The lowest BCUT2D eigenvalue weighted by Crippen LogP contribution is -2.39. The van der Waals surface area contributed by atoms with Gasteiger partial charge in [-0.25, -0.2) is 12.7 Å². The second-order valence-electron chi connectivity index (χ2n) is 5.58. The van der Waals surface area contributed by atoms with Gasteiger partial charge in [0.05, 0.1) is 12.8 Å². The Bertz CT molecular complexity index is 404. The van der Waals surface area contributed by atoms with Gasteiger partial charge in [-0.3, -0.25) is 4.79 Å². The highest BCUT2D eigenvalue weighted by atomic mass is 32.2. The second-order valence-corrected chi connectivity index (χ2v) is 7.56. The summed E-state index contributed by atoms with van der Waals surface area (Å²) in [5.41, 5.74) is 0. The molecular formula is C14H29N3O3S. The lowest BCUT2D eigenvalue weighted by molar-refractivity contribution is -0.130. The van der Waals surface area contributed by atoms with Crippen molar-refractivity contribution in [3.63, 3.8) is 0 Å². The molecule has 6 nitrogen and oxygen atoms in total. The van der Waals surface area contributed by atoms with Crippen molar-refractivity contribution in [3.8, 4) is 0 Å². The lowest BCUT2D eigenvalue weighted by Gasteiger charge is -2.21. The number of rotatable bonds is 8. The Labute approximate surface area is 128 Å². The van der Waals surface area contributed by atoms with Gasteiger partial charge < -0.3 is 10.2 Å². The van der Waals surface area contributed by atoms with Gasteiger partial charge in [-0.05, 0) is 25.8 Å². The molecule has 1 fully saturated rings. The quantitative estimate of drug-likeness (QED) is 0.667. The van der Waals surface area contributed by atoms with Crippen LogP contribution >= 0.6 is 0 Å². The van der Waals surface area contributed by atoms with E-state index in [2.05, 4.69) is 5.32 Å². The van der Waals surface area contributed by atoms with Crippen molar-refractivity contribution in [2.75, 3.05) is 45.5 Å². The van der Waals surface area contributed by atoms with Gasteiger partial charge in [0, 0.05) is 26.2 Å². The first-order chi connectivity index (χ1) is 9.95. The molecule has 124 valence electrons. The minimum absolute atomic E-state index is 0.160. The van der Waals surface area contributed by atoms with E-state index in [9.17, 15) is 13.2 Å². The molecule has 1 rings (SSSR count). The fourth-order valence-electron chi connectivity index (χ4n) is 2.57. The Morgan fingerprint density at radius 1 is 1.19 bits per heavy atom. The Morgan fingerprint density at radius 2 is 1.81 bits per heavy atom. The maximum absolute atomic E-state index is 12.0. The van der Waals surface area contributed by atoms with Crippen LogP contribution in [0.2, 0.25) is 0 Å². The van der Waals surface area contributed by atoms with Gasteiger partial charge in [0.25, 0.3) is 0 Å². The lowest BCUT2D eigenvalue weighted by atomic mass is 10.2. The normalized spacial score (nSPS) is 17.0. The number of hydrogen-bond donors (Lipinski definition) is 1. The van der Waals surface area contributed by atoms with Gasteiger partial charge in [0.1, 0.15) is 0 Å². The molecule has 1 amide bonds. The number of carbonyl (C=O) groups excluding carboxylic acids is 1. The molecule has 21 heavy (non-hydrogen) atoms. The summed E-state index contributed by atoms with van der Waals surface area (Å²) in [5.74, 6) is 0.160. The maximum Gasteiger partial charge on any atom is 0.236 e. The van der Waals surface area contributed by atoms with Gasteiger partial charge in [0.15, 0.2) is 0 Å². The van der Waals surface area contributed by atoms with Crippen LogP contribution in [0.4, 0.5) is 0 Å². The highest BCUT2D eigenvalue weighted by molar-refractivity contribution is 7.88. The number of likely N-dealkylation sites (tertiary alicyclic amines) is 1. The summed E-state index contributed by atoms with van der Waals surface area (Å²) in [7, 11) is -3.11. The second kappa shape index (κ2) is 9.38. The molecule has 0 aromatic rings. The van der Waals surface area contributed by atoms with Crippen molar-refractivity contribution in [1.82, 2.24) is 14.5 Å². The van der Waals surface area contributed by atoms with E-state index < -0.39 is 10.0 Å². The largest absolute Gasteiger partial charge is 0.342 e. The number of nitrogens with zero attached hydrogens (tertiary/aromatic N) is 2. The van der Waals surface area contributed by atoms with Crippen molar-refractivity contribution >= 4 is 15.9 Å². The van der Waals surface area contributed by atoms with E-state index >= 15 is 0 Å². The molecule has 7 heteroatoms. The minimum Gasteiger partial charge on any atom is -0.342 e. The molecule has 1 N–H and O–H groups in total. The highest BCUT2D eigenvalue weighted by Gasteiger charge is 2.15. The first-order valence-electron chi connectivity index (χ1n) is 7.88. The van der Waals surface area contributed by atoms with E-state index in [4.69, 9.17) is 0 Å². The number of sulfonamides is 1. The summed E-state index contributed by atoms with van der Waals surface area (Å²) in [6.45, 7) is 5.58. The van der Waals surface area contributed by atoms with Crippen molar-refractivity contribution in [2.45, 2.75) is 39.0 Å². The van der Waals surface area contributed by atoms with Crippen molar-refractivity contribution in [2.24, 2.45) is 0 Å². The number of hydrogen-bond acceptors (Lipinski definition) is 4. The molecule has 1 heterocycles. The third kappa shape index (κ3) is 7.24. The number of carbonyl (C=O) groups is 1. The van der Waals surface area contributed by atoms with Gasteiger partial charge >= 0.3 is 0 Å². The van der Waals surface area contributed by atoms with Crippen LogP contribution in [-0.2, 0) is 14.8 Å². The van der Waals surface area contributed by atoms with E-state index in [-0.39, 0.29) is 5.91 Å². The van der Waals surface area contributed by atoms with Crippen LogP contribution in [0.1, 0.15) is 39.0 Å². The molecule has 0 bridgehead atoms. The first-order valence-corrected chi connectivity index (χ1v) is 9.73. The third-order valence-corrected chi connectivity index (χ3v) is 5.20. The van der Waals surface area contributed by atoms with Gasteiger partial charge in [-0.1, -0.05) is 19.8 Å². The van der Waals surface area contributed by atoms with E-state index in [1.165, 1.54) is 23.4 Å². The zero-order valence-corrected chi connectivity index (χ0v) is 14.1. The Kier molecular flexibility index (Phi) is 8.21. The Hall–Kier alpha value is -0.660. The van der Waals surface area contributed by atoms with Crippen LogP contribution in [0.15, 0.2) is 0 Å². The van der Waals surface area contributed by atoms with Crippen LogP contribution in [0.3, 0.4) is 0 Å². The van der Waals surface area contributed by atoms with E-state index in [1.54, 1.807) is 0 Å². The smallest absolute Gasteiger partial charge is 0.236 e. The molecule has 0 aromatic carbocycles. The topological polar surface area (TPSA) is 69.7 Å². The maximum atomic E-state index is 12.0. The molecule has 0 saturated carbocycles. The van der Waals surface area contributed by atoms with Crippen molar-refractivity contribution in [1.29, 1.82) is 0 Å². The van der Waals surface area contributed by atoms with Crippen molar-refractivity contribution < 1.29 is 13.2 Å². The molecule has 1 aliphatic heterocycles. The molecule has 1 saturated heterocycles. The van der Waals surface area contributed by atoms with Crippen LogP contribution in [0, 0.1) is 0 Å². The van der Waals surface area contributed by atoms with Crippen LogP contribution in [0.25, 0.3) is 0 Å². The van der Waals surface area contributed by atoms with E-state index in [1.807, 2.05) is 11.8 Å². The molecule has 0 atom stereocenters. The van der Waals surface area contributed by atoms with E-state index in [0.717, 1.165) is 25.9 Å².